The quantitative estimate of drug-likeness (QED) is 0.508. The van der Waals surface area contributed by atoms with Gasteiger partial charge in [0.25, 0.3) is 11.8 Å². The fourth-order valence-electron chi connectivity index (χ4n) is 4.04. The first-order valence-corrected chi connectivity index (χ1v) is 11.9. The summed E-state index contributed by atoms with van der Waals surface area (Å²) in [5.41, 5.74) is 4.47. The van der Waals surface area contributed by atoms with E-state index < -0.39 is 29.8 Å². The number of rotatable bonds is 3. The van der Waals surface area contributed by atoms with Crippen LogP contribution in [0.2, 0.25) is 0 Å². The van der Waals surface area contributed by atoms with E-state index in [1.807, 2.05) is 68.4 Å². The van der Waals surface area contributed by atoms with E-state index in [-0.39, 0.29) is 17.2 Å². The van der Waals surface area contributed by atoms with Gasteiger partial charge in [-0.25, -0.2) is 5.01 Å². The van der Waals surface area contributed by atoms with E-state index in [1.165, 1.54) is 5.01 Å². The summed E-state index contributed by atoms with van der Waals surface area (Å²) in [4.78, 5) is 26.7. The van der Waals surface area contributed by atoms with E-state index >= 15 is 0 Å². The molecule has 1 fully saturated rings. The maximum absolute atomic E-state index is 13.4. The number of amides is 2. The second-order valence-electron chi connectivity index (χ2n) is 11.4. The monoisotopic (exact) mass is 480 g/mol. The van der Waals surface area contributed by atoms with Gasteiger partial charge in [-0.05, 0) is 87.4 Å². The third-order valence-corrected chi connectivity index (χ3v) is 6.77. The molecule has 0 spiro atoms. The highest BCUT2D eigenvalue weighted by molar-refractivity contribution is 6.63. The van der Waals surface area contributed by atoms with Crippen molar-refractivity contribution in [2.75, 3.05) is 0 Å². The molecule has 7 nitrogen and oxygen atoms in total. The molecule has 0 aromatic heterocycles. The van der Waals surface area contributed by atoms with Crippen molar-refractivity contribution in [3.8, 4) is 5.75 Å². The van der Waals surface area contributed by atoms with Crippen molar-refractivity contribution >= 4 is 24.4 Å². The van der Waals surface area contributed by atoms with Crippen LogP contribution in [0.4, 0.5) is 0 Å². The van der Waals surface area contributed by atoms with Gasteiger partial charge in [-0.15, -0.1) is 0 Å². The van der Waals surface area contributed by atoms with Crippen molar-refractivity contribution in [2.24, 2.45) is 0 Å². The Morgan fingerprint density at radius 1 is 0.943 bits per heavy atom. The van der Waals surface area contributed by atoms with E-state index in [1.54, 1.807) is 31.2 Å². The zero-order valence-corrected chi connectivity index (χ0v) is 22.5. The number of aryl methyl sites for hydroxylation is 2. The minimum absolute atomic E-state index is 0.0703. The molecule has 2 N–H and O–H groups in total. The fourth-order valence-corrected chi connectivity index (χ4v) is 4.04. The molecule has 0 bridgehead atoms. The van der Waals surface area contributed by atoms with Crippen LogP contribution in [0.15, 0.2) is 30.3 Å². The van der Waals surface area contributed by atoms with Crippen LogP contribution in [0.3, 0.4) is 0 Å². The standard InChI is InChI=1S/C27H37BN2O5/c1-16-13-17(2)15-19(14-16)24(33)30(25(4,5)6)29-23(32)20-11-12-21(22(31)18(20)3)28-34-26(7,8)27(9,10)35-28/h11-15,31H,1-10H3,(H,29,32). The number of phenolic OH excluding ortho intramolecular Hbond substituents is 1. The number of benzene rings is 2. The third-order valence-electron chi connectivity index (χ3n) is 6.77. The second kappa shape index (κ2) is 8.99. The predicted molar refractivity (Wildman–Crippen MR) is 138 cm³/mol. The van der Waals surface area contributed by atoms with Gasteiger partial charge in [0.1, 0.15) is 5.75 Å². The van der Waals surface area contributed by atoms with Gasteiger partial charge < -0.3 is 14.4 Å². The Kier molecular flexibility index (Phi) is 6.87. The average molecular weight is 480 g/mol. The molecule has 188 valence electrons. The van der Waals surface area contributed by atoms with Crippen molar-refractivity contribution in [2.45, 2.75) is 86.0 Å². The summed E-state index contributed by atoms with van der Waals surface area (Å²) < 4.78 is 12.1. The lowest BCUT2D eigenvalue weighted by Gasteiger charge is -2.35. The predicted octanol–water partition coefficient (Wildman–Crippen LogP) is 4.20. The largest absolute Gasteiger partial charge is 0.508 e. The third kappa shape index (κ3) is 5.23. The van der Waals surface area contributed by atoms with Gasteiger partial charge in [0.05, 0.1) is 16.7 Å². The summed E-state index contributed by atoms with van der Waals surface area (Å²) in [6.07, 6.45) is 0. The summed E-state index contributed by atoms with van der Waals surface area (Å²) in [5.74, 6) is -0.877. The molecule has 0 aliphatic carbocycles. The summed E-state index contributed by atoms with van der Waals surface area (Å²) in [6.45, 7) is 18.8. The van der Waals surface area contributed by atoms with Crippen LogP contribution in [0.25, 0.3) is 0 Å². The molecule has 0 unspecified atom stereocenters. The van der Waals surface area contributed by atoms with Crippen LogP contribution in [-0.2, 0) is 9.31 Å². The maximum Gasteiger partial charge on any atom is 0.498 e. The van der Waals surface area contributed by atoms with E-state index in [4.69, 9.17) is 9.31 Å². The van der Waals surface area contributed by atoms with Crippen molar-refractivity contribution in [1.29, 1.82) is 0 Å². The highest BCUT2D eigenvalue weighted by Crippen LogP contribution is 2.37. The first-order valence-electron chi connectivity index (χ1n) is 11.9. The van der Waals surface area contributed by atoms with Gasteiger partial charge in [0, 0.05) is 22.2 Å². The number of hydrazine groups is 1. The number of hydrogen-bond donors (Lipinski definition) is 2. The molecule has 0 saturated carbocycles. The van der Waals surface area contributed by atoms with E-state index in [2.05, 4.69) is 5.43 Å². The number of aromatic hydroxyl groups is 1. The van der Waals surface area contributed by atoms with Crippen LogP contribution in [0, 0.1) is 20.8 Å². The minimum atomic E-state index is -0.756. The maximum atomic E-state index is 13.4. The molecular formula is C27H37BN2O5. The van der Waals surface area contributed by atoms with E-state index in [9.17, 15) is 14.7 Å². The summed E-state index contributed by atoms with van der Waals surface area (Å²) in [7, 11) is -0.756. The van der Waals surface area contributed by atoms with Crippen molar-refractivity contribution < 1.29 is 24.0 Å². The molecule has 1 aliphatic heterocycles. The highest BCUT2D eigenvalue weighted by Gasteiger charge is 2.52. The average Bonchev–Trinajstić information content (AvgIpc) is 2.92. The van der Waals surface area contributed by atoms with Crippen molar-refractivity contribution in [1.82, 2.24) is 10.4 Å². The topological polar surface area (TPSA) is 88.1 Å². The van der Waals surface area contributed by atoms with Gasteiger partial charge >= 0.3 is 7.12 Å². The highest BCUT2D eigenvalue weighted by atomic mass is 16.7. The zero-order valence-electron chi connectivity index (χ0n) is 22.5. The molecule has 2 aromatic carbocycles. The van der Waals surface area contributed by atoms with E-state index in [0.29, 0.717) is 16.6 Å². The van der Waals surface area contributed by atoms with Crippen molar-refractivity contribution in [3.63, 3.8) is 0 Å². The molecule has 2 aromatic rings. The lowest BCUT2D eigenvalue weighted by Crippen LogP contribution is -2.56. The molecule has 0 radical (unpaired) electrons. The Morgan fingerprint density at radius 3 is 1.94 bits per heavy atom. The summed E-state index contributed by atoms with van der Waals surface area (Å²) >= 11 is 0. The molecule has 1 saturated heterocycles. The first-order chi connectivity index (χ1) is 15.9. The normalized spacial score (nSPS) is 16.8. The Balaban J connectivity index is 1.90. The van der Waals surface area contributed by atoms with Gasteiger partial charge in [0.2, 0.25) is 0 Å². The van der Waals surface area contributed by atoms with Crippen LogP contribution >= 0.6 is 0 Å². The zero-order chi connectivity index (χ0) is 26.5. The smallest absolute Gasteiger partial charge is 0.498 e. The lowest BCUT2D eigenvalue weighted by atomic mass is 9.76. The van der Waals surface area contributed by atoms with Crippen LogP contribution < -0.4 is 10.9 Å². The van der Waals surface area contributed by atoms with Gasteiger partial charge in [-0.2, -0.15) is 0 Å². The minimum Gasteiger partial charge on any atom is -0.508 e. The Hall–Kier alpha value is -2.84. The van der Waals surface area contributed by atoms with Gasteiger partial charge in [-0.1, -0.05) is 23.3 Å². The summed E-state index contributed by atoms with van der Waals surface area (Å²) in [6, 6.07) is 8.84. The SMILES string of the molecule is Cc1cc(C)cc(C(=O)N(NC(=O)c2ccc(B3OC(C)(C)C(C)(C)O3)c(O)c2C)C(C)(C)C)c1. The number of nitrogens with zero attached hydrogens (tertiary/aromatic N) is 1. The molecular weight excluding hydrogens is 443 g/mol. The van der Waals surface area contributed by atoms with E-state index in [0.717, 1.165) is 11.1 Å². The second-order valence-corrected chi connectivity index (χ2v) is 11.4. The number of nitrogens with one attached hydrogen (secondary N) is 1. The molecule has 8 heteroatoms. The Bertz CT molecular complexity index is 1130. The molecule has 0 atom stereocenters. The number of carbonyl (C=O) groups excluding carboxylic acids is 2. The van der Waals surface area contributed by atoms with Crippen LogP contribution in [0.1, 0.15) is 85.9 Å². The first kappa shape index (κ1) is 26.8. The molecule has 1 aliphatic rings. The molecule has 2 amide bonds. The van der Waals surface area contributed by atoms with Gasteiger partial charge in [0.15, 0.2) is 0 Å². The van der Waals surface area contributed by atoms with Crippen LogP contribution in [0.5, 0.6) is 5.75 Å². The summed E-state index contributed by atoms with van der Waals surface area (Å²) in [5, 5.41) is 12.3. The molecule has 1 heterocycles. The Labute approximate surface area is 208 Å². The number of carbonyl (C=O) groups is 2. The van der Waals surface area contributed by atoms with Gasteiger partial charge in [-0.3, -0.25) is 15.0 Å². The molecule has 3 rings (SSSR count). The van der Waals surface area contributed by atoms with Crippen molar-refractivity contribution in [3.05, 3.63) is 58.1 Å². The number of hydrogen-bond acceptors (Lipinski definition) is 5. The fraction of sp³-hybridized carbons (Fsp3) is 0.481. The Morgan fingerprint density at radius 2 is 1.46 bits per heavy atom. The lowest BCUT2D eigenvalue weighted by molar-refractivity contribution is 0.00578. The number of phenols is 1. The molecule has 35 heavy (non-hydrogen) atoms. The van der Waals surface area contributed by atoms with Crippen LogP contribution in [-0.4, -0.2) is 45.8 Å².